The van der Waals surface area contributed by atoms with Gasteiger partial charge in [-0.1, -0.05) is 379 Å². The van der Waals surface area contributed by atoms with Gasteiger partial charge in [0.15, 0.2) is 6.10 Å². The van der Waals surface area contributed by atoms with Crippen LogP contribution >= 0.6 is 7.82 Å². The Morgan fingerprint density at radius 1 is 0.345 bits per heavy atom. The number of phosphoric ester groups is 1. The molecule has 0 bridgehead atoms. The van der Waals surface area contributed by atoms with E-state index >= 15 is 0 Å². The molecule has 0 aromatic carbocycles. The van der Waals surface area contributed by atoms with Crippen LogP contribution in [0.5, 0.6) is 0 Å². The molecule has 0 spiro atoms. The quantitative estimate of drug-likeness (QED) is 0.0211. The van der Waals surface area contributed by atoms with E-state index < -0.39 is 26.5 Å². The minimum absolute atomic E-state index is 0.0369. The highest BCUT2D eigenvalue weighted by Crippen LogP contribution is 2.43. The highest BCUT2D eigenvalue weighted by molar-refractivity contribution is 7.47. The first kappa shape index (κ1) is 85.8. The van der Waals surface area contributed by atoms with Crippen molar-refractivity contribution in [3.63, 3.8) is 0 Å². The largest absolute Gasteiger partial charge is 0.472 e. The number of carbonyl (C=O) groups excluding carboxylic acids is 2. The molecule has 0 aliphatic rings. The lowest BCUT2D eigenvalue weighted by Gasteiger charge is -2.24. The molecule has 0 aromatic rings. The Labute approximate surface area is 543 Å². The van der Waals surface area contributed by atoms with Crippen molar-refractivity contribution in [2.45, 2.75) is 424 Å². The lowest BCUT2D eigenvalue weighted by atomic mass is 10.0. The van der Waals surface area contributed by atoms with E-state index in [1.165, 1.54) is 353 Å². The lowest BCUT2D eigenvalue weighted by molar-refractivity contribution is -0.870. The van der Waals surface area contributed by atoms with Crippen LogP contribution in [0.4, 0.5) is 0 Å². The fourth-order valence-corrected chi connectivity index (χ4v) is 12.8. The second kappa shape index (κ2) is 69.1. The molecule has 10 heteroatoms. The zero-order valence-corrected chi connectivity index (χ0v) is 60.2. The molecule has 1 N–H and O–H groups in total. The monoisotopic (exact) mass is 1250 g/mol. The lowest BCUT2D eigenvalue weighted by Crippen LogP contribution is -2.37. The first-order valence-electron chi connectivity index (χ1n) is 38.9. The van der Waals surface area contributed by atoms with Crippen molar-refractivity contribution in [2.24, 2.45) is 0 Å². The molecule has 0 radical (unpaired) electrons. The number of hydrogen-bond acceptors (Lipinski definition) is 7. The van der Waals surface area contributed by atoms with E-state index in [9.17, 15) is 19.0 Å². The van der Waals surface area contributed by atoms with Crippen molar-refractivity contribution < 1.29 is 42.1 Å². The summed E-state index contributed by atoms with van der Waals surface area (Å²) < 4.78 is 34.8. The van der Waals surface area contributed by atoms with Crippen molar-refractivity contribution in [1.82, 2.24) is 0 Å². The van der Waals surface area contributed by atoms with Gasteiger partial charge in [0.05, 0.1) is 27.7 Å². The fourth-order valence-electron chi connectivity index (χ4n) is 12.1. The number of phosphoric acid groups is 1. The second-order valence-corrected chi connectivity index (χ2v) is 29.6. The van der Waals surface area contributed by atoms with Crippen LogP contribution < -0.4 is 0 Å². The molecule has 0 saturated heterocycles. The Morgan fingerprint density at radius 2 is 0.586 bits per heavy atom. The molecular formula is C77H153NO8P+. The topological polar surface area (TPSA) is 108 Å². The van der Waals surface area contributed by atoms with E-state index in [1.807, 2.05) is 21.1 Å². The minimum Gasteiger partial charge on any atom is -0.462 e. The fraction of sp³-hybridized carbons (Fsp3) is 0.948. The van der Waals surface area contributed by atoms with Gasteiger partial charge in [0.2, 0.25) is 0 Å². The van der Waals surface area contributed by atoms with Gasteiger partial charge < -0.3 is 18.9 Å². The number of likely N-dealkylation sites (N-methyl/N-ethyl adjacent to an activating group) is 1. The van der Waals surface area contributed by atoms with Gasteiger partial charge >= 0.3 is 19.8 Å². The molecule has 0 fully saturated rings. The predicted octanol–water partition coefficient (Wildman–Crippen LogP) is 25.5. The van der Waals surface area contributed by atoms with Crippen molar-refractivity contribution in [3.8, 4) is 0 Å². The van der Waals surface area contributed by atoms with Gasteiger partial charge in [-0.2, -0.15) is 0 Å². The summed E-state index contributed by atoms with van der Waals surface area (Å²) in [6.07, 6.45) is 86.4. The summed E-state index contributed by atoms with van der Waals surface area (Å²) in [7, 11) is 1.51. The van der Waals surface area contributed by atoms with Crippen LogP contribution in [0.25, 0.3) is 0 Å². The molecule has 87 heavy (non-hydrogen) atoms. The molecular weight excluding hydrogens is 1100 g/mol. The van der Waals surface area contributed by atoms with Gasteiger partial charge in [-0.15, -0.1) is 0 Å². The second-order valence-electron chi connectivity index (χ2n) is 28.1. The van der Waals surface area contributed by atoms with Crippen molar-refractivity contribution in [2.75, 3.05) is 47.5 Å². The number of quaternary nitrogens is 1. The Bertz CT molecular complexity index is 1470. The Kier molecular flexibility index (Phi) is 68.1. The number of esters is 2. The van der Waals surface area contributed by atoms with Crippen LogP contribution in [0, 0.1) is 0 Å². The first-order valence-corrected chi connectivity index (χ1v) is 40.4. The molecule has 0 aliphatic heterocycles. The van der Waals surface area contributed by atoms with E-state index in [-0.39, 0.29) is 25.6 Å². The number of hydrogen-bond donors (Lipinski definition) is 1. The van der Waals surface area contributed by atoms with E-state index in [0.29, 0.717) is 17.4 Å². The molecule has 2 atom stereocenters. The molecule has 0 heterocycles. The summed E-state index contributed by atoms with van der Waals surface area (Å²) in [5.74, 6) is -0.767. The average molecular weight is 1250 g/mol. The van der Waals surface area contributed by atoms with Crippen molar-refractivity contribution in [1.29, 1.82) is 0 Å². The van der Waals surface area contributed by atoms with Crippen LogP contribution in [-0.2, 0) is 32.7 Å². The smallest absolute Gasteiger partial charge is 0.462 e. The third-order valence-corrected chi connectivity index (χ3v) is 19.0. The van der Waals surface area contributed by atoms with Crippen LogP contribution in [0.2, 0.25) is 0 Å². The molecule has 2 unspecified atom stereocenters. The summed E-state index contributed by atoms with van der Waals surface area (Å²) in [6.45, 7) is 4.53. The van der Waals surface area contributed by atoms with Crippen molar-refractivity contribution >= 4 is 19.8 Å². The zero-order valence-electron chi connectivity index (χ0n) is 59.3. The van der Waals surface area contributed by atoms with Crippen LogP contribution in [0.15, 0.2) is 12.2 Å². The van der Waals surface area contributed by atoms with Gasteiger partial charge in [0, 0.05) is 12.8 Å². The molecule has 518 valence electrons. The average Bonchev–Trinajstić information content (AvgIpc) is 3.50. The predicted molar refractivity (Wildman–Crippen MR) is 377 cm³/mol. The Hall–Kier alpha value is -1.25. The zero-order chi connectivity index (χ0) is 63.4. The molecule has 9 nitrogen and oxygen atoms in total. The van der Waals surface area contributed by atoms with E-state index in [1.54, 1.807) is 0 Å². The first-order chi connectivity index (χ1) is 42.5. The summed E-state index contributed by atoms with van der Waals surface area (Å²) in [4.78, 5) is 35.9. The van der Waals surface area contributed by atoms with E-state index in [2.05, 4.69) is 26.0 Å². The summed E-state index contributed by atoms with van der Waals surface area (Å²) >= 11 is 0. The maximum atomic E-state index is 12.9. The highest BCUT2D eigenvalue weighted by atomic mass is 31.2. The van der Waals surface area contributed by atoms with Gasteiger partial charge in [-0.3, -0.25) is 18.6 Å². The molecule has 0 saturated carbocycles. The molecule has 0 aliphatic carbocycles. The van der Waals surface area contributed by atoms with Gasteiger partial charge in [0.1, 0.15) is 19.8 Å². The summed E-state index contributed by atoms with van der Waals surface area (Å²) in [5.41, 5.74) is 0. The number of unbranched alkanes of at least 4 members (excludes halogenated alkanes) is 58. The Balaban J connectivity index is 3.92. The standard InChI is InChI=1S/C77H152NO8P/c1-6-8-10-12-14-16-18-20-22-24-26-28-30-32-34-36-38-39-40-42-44-46-48-50-52-54-56-58-60-62-64-66-68-70-77(80)86-75(74-85-87(81,82)84-72-71-78(3,4)5)73-83-76(79)69-67-65-63-61-59-57-55-53-51-49-47-45-43-41-37-35-33-31-29-27-25-23-21-19-17-15-13-11-9-7-2/h24,26,75H,6-23,25,27-74H2,1-5H3/p+1/b26-24-. The van der Waals surface area contributed by atoms with Crippen LogP contribution in [0.3, 0.4) is 0 Å². The molecule has 0 rings (SSSR count). The summed E-state index contributed by atoms with van der Waals surface area (Å²) in [6, 6.07) is 0. The number of ether oxygens (including phenoxy) is 2. The van der Waals surface area contributed by atoms with Gasteiger partial charge in [-0.05, 0) is 38.5 Å². The number of rotatable bonds is 74. The van der Waals surface area contributed by atoms with E-state index in [0.717, 1.165) is 38.5 Å². The summed E-state index contributed by atoms with van der Waals surface area (Å²) in [5, 5.41) is 0. The van der Waals surface area contributed by atoms with E-state index in [4.69, 9.17) is 18.5 Å². The normalized spacial score (nSPS) is 13.0. The number of nitrogens with zero attached hydrogens (tertiary/aromatic N) is 1. The number of allylic oxidation sites excluding steroid dienone is 2. The highest BCUT2D eigenvalue weighted by Gasteiger charge is 2.27. The van der Waals surface area contributed by atoms with Gasteiger partial charge in [-0.25, -0.2) is 4.57 Å². The third kappa shape index (κ3) is 73.7. The Morgan fingerprint density at radius 3 is 0.851 bits per heavy atom. The number of carbonyl (C=O) groups is 2. The van der Waals surface area contributed by atoms with Crippen molar-refractivity contribution in [3.05, 3.63) is 12.2 Å². The molecule has 0 aromatic heterocycles. The SMILES string of the molecule is CCCCCCCCCC/C=C\CCCCCCCCCCCCCCCCCCCCCCCC(=O)OC(COC(=O)CCCCCCCCCCCCCCCCCCCCCCCCCCCCCCCC)COP(=O)(O)OCC[N+](C)(C)C. The maximum Gasteiger partial charge on any atom is 0.472 e. The van der Waals surface area contributed by atoms with Crippen LogP contribution in [0.1, 0.15) is 418 Å². The van der Waals surface area contributed by atoms with Gasteiger partial charge in [0.25, 0.3) is 0 Å². The minimum atomic E-state index is -4.39. The third-order valence-electron chi connectivity index (χ3n) is 18.0. The maximum absolute atomic E-state index is 12.9. The molecule has 0 amide bonds. The van der Waals surface area contributed by atoms with Crippen LogP contribution in [-0.4, -0.2) is 74.9 Å².